The van der Waals surface area contributed by atoms with E-state index in [1.165, 1.54) is 5.56 Å². The number of hydrogen-bond donors (Lipinski definition) is 2. The molecule has 2 aromatic carbocycles. The number of methoxy groups -OCH3 is 1. The van der Waals surface area contributed by atoms with Crippen LogP contribution in [0.5, 0.6) is 11.5 Å². The van der Waals surface area contributed by atoms with Crippen LogP contribution in [-0.4, -0.2) is 19.1 Å². The van der Waals surface area contributed by atoms with Gasteiger partial charge in [-0.3, -0.25) is 4.79 Å². The Balaban J connectivity index is 2.07. The standard InChI is InChI=1S/C20H26N2O3/c1-12(2)17-8-6-16(10-13(17)3)25-14(4)20(23)22-19-11-15(24-5)7-9-18(19)21/h6-12,14H,21H2,1-5H3,(H,22,23). The van der Waals surface area contributed by atoms with E-state index in [1.54, 1.807) is 32.2 Å². The number of rotatable bonds is 6. The number of hydrogen-bond acceptors (Lipinski definition) is 4. The minimum absolute atomic E-state index is 0.273. The summed E-state index contributed by atoms with van der Waals surface area (Å²) in [6.45, 7) is 8.05. The number of nitrogens with one attached hydrogen (secondary N) is 1. The first kappa shape index (κ1) is 18.6. The Morgan fingerprint density at radius 2 is 1.76 bits per heavy atom. The van der Waals surface area contributed by atoms with E-state index in [0.29, 0.717) is 28.8 Å². The summed E-state index contributed by atoms with van der Waals surface area (Å²) < 4.78 is 10.9. The molecule has 0 aromatic heterocycles. The largest absolute Gasteiger partial charge is 0.497 e. The van der Waals surface area contributed by atoms with Crippen LogP contribution in [0.15, 0.2) is 36.4 Å². The van der Waals surface area contributed by atoms with Gasteiger partial charge >= 0.3 is 0 Å². The van der Waals surface area contributed by atoms with Gasteiger partial charge in [-0.2, -0.15) is 0 Å². The summed E-state index contributed by atoms with van der Waals surface area (Å²) in [5, 5.41) is 2.78. The number of ether oxygens (including phenoxy) is 2. The summed E-state index contributed by atoms with van der Waals surface area (Å²) >= 11 is 0. The Labute approximate surface area is 149 Å². The van der Waals surface area contributed by atoms with Crippen molar-refractivity contribution in [2.45, 2.75) is 39.7 Å². The minimum Gasteiger partial charge on any atom is -0.497 e. The van der Waals surface area contributed by atoms with Crippen molar-refractivity contribution in [3.8, 4) is 11.5 Å². The molecule has 1 atom stereocenters. The molecule has 1 unspecified atom stereocenters. The summed E-state index contributed by atoms with van der Waals surface area (Å²) in [6.07, 6.45) is -0.657. The normalized spacial score (nSPS) is 11.9. The van der Waals surface area contributed by atoms with Gasteiger partial charge in [0.05, 0.1) is 18.5 Å². The first-order valence-corrected chi connectivity index (χ1v) is 8.33. The molecule has 0 saturated heterocycles. The maximum absolute atomic E-state index is 12.4. The smallest absolute Gasteiger partial charge is 0.265 e. The van der Waals surface area contributed by atoms with Gasteiger partial charge in [0.1, 0.15) is 11.5 Å². The Hall–Kier alpha value is -2.69. The third kappa shape index (κ3) is 4.66. The fraction of sp³-hybridized carbons (Fsp3) is 0.350. The predicted octanol–water partition coefficient (Wildman–Crippen LogP) is 4.12. The molecular weight excluding hydrogens is 316 g/mol. The summed E-state index contributed by atoms with van der Waals surface area (Å²) in [5.74, 6) is 1.47. The zero-order valence-electron chi connectivity index (χ0n) is 15.4. The lowest BCUT2D eigenvalue weighted by atomic mass is 9.98. The topological polar surface area (TPSA) is 73.6 Å². The number of anilines is 2. The van der Waals surface area contributed by atoms with E-state index in [4.69, 9.17) is 15.2 Å². The van der Waals surface area contributed by atoms with Crippen molar-refractivity contribution >= 4 is 17.3 Å². The van der Waals surface area contributed by atoms with Crippen LogP contribution < -0.4 is 20.5 Å². The lowest BCUT2D eigenvalue weighted by Gasteiger charge is -2.17. The van der Waals surface area contributed by atoms with Gasteiger partial charge < -0.3 is 20.5 Å². The van der Waals surface area contributed by atoms with E-state index < -0.39 is 6.10 Å². The van der Waals surface area contributed by atoms with E-state index >= 15 is 0 Å². The monoisotopic (exact) mass is 342 g/mol. The maximum Gasteiger partial charge on any atom is 0.265 e. The second-order valence-electron chi connectivity index (χ2n) is 6.38. The zero-order chi connectivity index (χ0) is 18.6. The number of carbonyl (C=O) groups excluding carboxylic acids is 1. The van der Waals surface area contributed by atoms with Crippen molar-refractivity contribution in [2.75, 3.05) is 18.2 Å². The molecule has 0 spiro atoms. The third-order valence-electron chi connectivity index (χ3n) is 4.06. The lowest BCUT2D eigenvalue weighted by molar-refractivity contribution is -0.122. The Morgan fingerprint density at radius 3 is 2.36 bits per heavy atom. The van der Waals surface area contributed by atoms with Crippen LogP contribution in [0, 0.1) is 6.92 Å². The third-order valence-corrected chi connectivity index (χ3v) is 4.06. The van der Waals surface area contributed by atoms with Gasteiger partial charge in [0, 0.05) is 6.07 Å². The molecule has 1 amide bonds. The molecule has 0 aliphatic heterocycles. The number of amides is 1. The van der Waals surface area contributed by atoms with Crippen LogP contribution in [0.3, 0.4) is 0 Å². The van der Waals surface area contributed by atoms with Crippen molar-refractivity contribution in [1.29, 1.82) is 0 Å². The van der Waals surface area contributed by atoms with E-state index in [9.17, 15) is 4.79 Å². The summed E-state index contributed by atoms with van der Waals surface area (Å²) in [4.78, 5) is 12.4. The van der Waals surface area contributed by atoms with Crippen LogP contribution in [0.25, 0.3) is 0 Å². The van der Waals surface area contributed by atoms with Crippen LogP contribution >= 0.6 is 0 Å². The molecule has 2 aromatic rings. The summed E-state index contributed by atoms with van der Waals surface area (Å²) in [5.41, 5.74) is 9.30. The molecule has 0 aliphatic carbocycles. The molecule has 2 rings (SSSR count). The fourth-order valence-electron chi connectivity index (χ4n) is 2.63. The molecule has 25 heavy (non-hydrogen) atoms. The van der Waals surface area contributed by atoms with Crippen molar-refractivity contribution in [3.63, 3.8) is 0 Å². The molecular formula is C20H26N2O3. The van der Waals surface area contributed by atoms with Gasteiger partial charge in [-0.05, 0) is 55.2 Å². The summed E-state index contributed by atoms with van der Waals surface area (Å²) in [6, 6.07) is 11.0. The first-order valence-electron chi connectivity index (χ1n) is 8.33. The number of nitrogen functional groups attached to an aromatic ring is 1. The quantitative estimate of drug-likeness (QED) is 0.775. The average molecular weight is 342 g/mol. The number of carbonyl (C=O) groups is 1. The molecule has 0 bridgehead atoms. The predicted molar refractivity (Wildman–Crippen MR) is 101 cm³/mol. The number of aryl methyl sites for hydroxylation is 1. The van der Waals surface area contributed by atoms with Crippen molar-refractivity contribution in [2.24, 2.45) is 0 Å². The van der Waals surface area contributed by atoms with E-state index in [0.717, 1.165) is 5.56 Å². The summed E-state index contributed by atoms with van der Waals surface area (Å²) in [7, 11) is 1.56. The van der Waals surface area contributed by atoms with Crippen molar-refractivity contribution < 1.29 is 14.3 Å². The van der Waals surface area contributed by atoms with Crippen LogP contribution in [0.4, 0.5) is 11.4 Å². The lowest BCUT2D eigenvalue weighted by Crippen LogP contribution is -2.30. The van der Waals surface area contributed by atoms with Gasteiger partial charge in [-0.25, -0.2) is 0 Å². The van der Waals surface area contributed by atoms with Gasteiger partial charge in [-0.1, -0.05) is 19.9 Å². The molecule has 5 nitrogen and oxygen atoms in total. The average Bonchev–Trinajstić information content (AvgIpc) is 2.56. The van der Waals surface area contributed by atoms with Gasteiger partial charge in [0.15, 0.2) is 6.10 Å². The molecule has 0 aliphatic rings. The van der Waals surface area contributed by atoms with E-state index in [-0.39, 0.29) is 5.91 Å². The van der Waals surface area contributed by atoms with E-state index in [2.05, 4.69) is 19.2 Å². The SMILES string of the molecule is COc1ccc(N)c(NC(=O)C(C)Oc2ccc(C(C)C)c(C)c2)c1. The van der Waals surface area contributed by atoms with Crippen LogP contribution in [0.1, 0.15) is 37.8 Å². The molecule has 0 radical (unpaired) electrons. The fourth-order valence-corrected chi connectivity index (χ4v) is 2.63. The van der Waals surface area contributed by atoms with Crippen LogP contribution in [0.2, 0.25) is 0 Å². The molecule has 5 heteroatoms. The number of benzene rings is 2. The number of nitrogens with two attached hydrogens (primary N) is 1. The molecule has 134 valence electrons. The molecule has 0 fully saturated rings. The second kappa shape index (κ2) is 7.92. The van der Waals surface area contributed by atoms with Crippen molar-refractivity contribution in [1.82, 2.24) is 0 Å². The molecule has 0 saturated carbocycles. The second-order valence-corrected chi connectivity index (χ2v) is 6.38. The van der Waals surface area contributed by atoms with E-state index in [1.807, 2.05) is 25.1 Å². The Bertz CT molecular complexity index is 757. The van der Waals surface area contributed by atoms with Gasteiger partial charge in [-0.15, -0.1) is 0 Å². The highest BCUT2D eigenvalue weighted by Crippen LogP contribution is 2.26. The highest BCUT2D eigenvalue weighted by molar-refractivity contribution is 5.97. The molecule has 0 heterocycles. The molecule has 3 N–H and O–H groups in total. The highest BCUT2D eigenvalue weighted by atomic mass is 16.5. The Kier molecular flexibility index (Phi) is 5.91. The van der Waals surface area contributed by atoms with Gasteiger partial charge in [0.25, 0.3) is 5.91 Å². The minimum atomic E-state index is -0.657. The van der Waals surface area contributed by atoms with Gasteiger partial charge in [0.2, 0.25) is 0 Å². The highest BCUT2D eigenvalue weighted by Gasteiger charge is 2.17. The van der Waals surface area contributed by atoms with Crippen LogP contribution in [-0.2, 0) is 4.79 Å². The Morgan fingerprint density at radius 1 is 1.08 bits per heavy atom. The maximum atomic E-state index is 12.4. The zero-order valence-corrected chi connectivity index (χ0v) is 15.4. The first-order chi connectivity index (χ1) is 11.8. The van der Waals surface area contributed by atoms with Crippen molar-refractivity contribution in [3.05, 3.63) is 47.5 Å².